The quantitative estimate of drug-likeness (QED) is 0.202. The lowest BCUT2D eigenvalue weighted by Gasteiger charge is -2.20. The molecule has 0 spiro atoms. The third-order valence-corrected chi connectivity index (χ3v) is 5.44. The fourth-order valence-corrected chi connectivity index (χ4v) is 3.79. The third-order valence-electron chi connectivity index (χ3n) is 5.44. The van der Waals surface area contributed by atoms with Gasteiger partial charge in [-0.1, -0.05) is 18.6 Å². The molecule has 0 aliphatic rings. The van der Waals surface area contributed by atoms with Crippen LogP contribution in [0.1, 0.15) is 70.1 Å². The van der Waals surface area contributed by atoms with E-state index in [1.807, 2.05) is 27.7 Å². The smallest absolute Gasteiger partial charge is 0.355 e. The number of benzene rings is 1. The highest BCUT2D eigenvalue weighted by molar-refractivity contribution is 5.85. The van der Waals surface area contributed by atoms with Gasteiger partial charge >= 0.3 is 5.97 Å². The number of nitrogens with zero attached hydrogens (tertiary/aromatic N) is 2. The van der Waals surface area contributed by atoms with Gasteiger partial charge < -0.3 is 30.2 Å². The van der Waals surface area contributed by atoms with E-state index in [9.17, 15) is 24.9 Å². The summed E-state index contributed by atoms with van der Waals surface area (Å²) in [6, 6.07) is 4.71. The van der Waals surface area contributed by atoms with Crippen LogP contribution in [0.5, 0.6) is 17.5 Å². The Kier molecular flexibility index (Phi) is 10.4. The van der Waals surface area contributed by atoms with Gasteiger partial charge in [0.1, 0.15) is 17.4 Å². The van der Waals surface area contributed by atoms with Gasteiger partial charge in [-0.3, -0.25) is 9.79 Å². The topological polar surface area (TPSA) is 143 Å². The standard InChI is InChI=1S/C27H39N3O7/c1-17-14-20(15-18(2)25(17)34)16-21(26(35)37-30-23(32)11-12-24(30)33)29-22(31)10-8-7-9-13-28-19(3)36-27(4,5)6/h11-12,14-15,21,32-34H,7-10,13,16H2,1-6H3,(H,29,31). The highest BCUT2D eigenvalue weighted by Crippen LogP contribution is 2.24. The Labute approximate surface area is 217 Å². The zero-order valence-electron chi connectivity index (χ0n) is 22.5. The van der Waals surface area contributed by atoms with Crippen LogP contribution in [0.25, 0.3) is 0 Å². The van der Waals surface area contributed by atoms with Crippen molar-refractivity contribution in [1.82, 2.24) is 10.0 Å². The fourth-order valence-electron chi connectivity index (χ4n) is 3.79. The second-order valence-electron chi connectivity index (χ2n) is 10.1. The first-order valence-corrected chi connectivity index (χ1v) is 12.4. The first-order valence-electron chi connectivity index (χ1n) is 12.4. The van der Waals surface area contributed by atoms with Crippen LogP contribution in [0, 0.1) is 13.8 Å². The van der Waals surface area contributed by atoms with Crippen LogP contribution in [-0.2, 0) is 20.7 Å². The zero-order chi connectivity index (χ0) is 27.8. The second kappa shape index (κ2) is 13.0. The number of hydrogen-bond acceptors (Lipinski definition) is 8. The lowest BCUT2D eigenvalue weighted by molar-refractivity contribution is -0.149. The highest BCUT2D eigenvalue weighted by atomic mass is 16.7. The van der Waals surface area contributed by atoms with E-state index in [2.05, 4.69) is 10.3 Å². The van der Waals surface area contributed by atoms with Crippen LogP contribution in [0.3, 0.4) is 0 Å². The van der Waals surface area contributed by atoms with Gasteiger partial charge in [0, 0.05) is 38.4 Å². The van der Waals surface area contributed by atoms with E-state index in [0.717, 1.165) is 12.8 Å². The predicted molar refractivity (Wildman–Crippen MR) is 140 cm³/mol. The molecule has 1 amide bonds. The van der Waals surface area contributed by atoms with Crippen molar-refractivity contribution in [1.29, 1.82) is 0 Å². The van der Waals surface area contributed by atoms with Crippen LogP contribution in [-0.4, -0.2) is 56.0 Å². The Morgan fingerprint density at radius 2 is 1.62 bits per heavy atom. The van der Waals surface area contributed by atoms with Crippen molar-refractivity contribution in [2.45, 2.75) is 85.3 Å². The summed E-state index contributed by atoms with van der Waals surface area (Å²) in [5, 5.41) is 32.4. The van der Waals surface area contributed by atoms with Crippen molar-refractivity contribution in [3.8, 4) is 17.5 Å². The maximum atomic E-state index is 12.9. The Balaban J connectivity index is 1.98. The molecule has 1 atom stereocenters. The Bertz CT molecular complexity index is 1070. The number of rotatable bonds is 11. The molecular formula is C27H39N3O7. The molecule has 2 rings (SSSR count). The number of carbonyl (C=O) groups is 2. The third kappa shape index (κ3) is 9.70. The number of aliphatic imine (C=N–C) groups is 1. The Morgan fingerprint density at radius 1 is 1.03 bits per heavy atom. The summed E-state index contributed by atoms with van der Waals surface area (Å²) in [4.78, 5) is 35.1. The van der Waals surface area contributed by atoms with Gasteiger partial charge in [0.25, 0.3) is 0 Å². The van der Waals surface area contributed by atoms with Crippen LogP contribution in [0.15, 0.2) is 29.3 Å². The number of aryl methyl sites for hydroxylation is 2. The van der Waals surface area contributed by atoms with Crippen LogP contribution < -0.4 is 10.2 Å². The van der Waals surface area contributed by atoms with Gasteiger partial charge in [0.05, 0.1) is 0 Å². The molecule has 10 heteroatoms. The average Bonchev–Trinajstić information content (AvgIpc) is 3.10. The summed E-state index contributed by atoms with van der Waals surface area (Å²) in [6.07, 6.45) is 2.48. The maximum Gasteiger partial charge on any atom is 0.355 e. The first kappa shape index (κ1) is 29.5. The minimum Gasteiger partial charge on any atom is -0.507 e. The molecule has 0 aliphatic carbocycles. The van der Waals surface area contributed by atoms with E-state index in [1.165, 1.54) is 12.1 Å². The van der Waals surface area contributed by atoms with Crippen molar-refractivity contribution < 1.29 is 34.5 Å². The molecule has 0 aliphatic heterocycles. The molecule has 0 saturated carbocycles. The molecular weight excluding hydrogens is 478 g/mol. The summed E-state index contributed by atoms with van der Waals surface area (Å²) in [6.45, 7) is 11.8. The van der Waals surface area contributed by atoms with Gasteiger partial charge in [-0.05, 0) is 64.2 Å². The van der Waals surface area contributed by atoms with Crippen molar-refractivity contribution in [2.24, 2.45) is 4.99 Å². The molecule has 1 aromatic heterocycles. The summed E-state index contributed by atoms with van der Waals surface area (Å²) in [5.41, 5.74) is 1.70. The molecule has 0 fully saturated rings. The summed E-state index contributed by atoms with van der Waals surface area (Å²) < 4.78 is 6.25. The molecule has 2 aromatic rings. The van der Waals surface area contributed by atoms with Gasteiger partial charge in [-0.2, -0.15) is 0 Å². The number of unbranched alkanes of at least 4 members (excludes halogenated alkanes) is 2. The largest absolute Gasteiger partial charge is 0.507 e. The molecule has 1 heterocycles. The van der Waals surface area contributed by atoms with Crippen molar-refractivity contribution in [2.75, 3.05) is 6.54 Å². The number of carbonyl (C=O) groups excluding carboxylic acids is 2. The fraction of sp³-hybridized carbons (Fsp3) is 0.519. The maximum absolute atomic E-state index is 12.9. The summed E-state index contributed by atoms with van der Waals surface area (Å²) in [5.74, 6) is -1.31. The molecule has 10 nitrogen and oxygen atoms in total. The van der Waals surface area contributed by atoms with E-state index in [4.69, 9.17) is 9.57 Å². The van der Waals surface area contributed by atoms with E-state index in [-0.39, 0.29) is 30.1 Å². The van der Waals surface area contributed by atoms with Gasteiger partial charge in [0.15, 0.2) is 5.90 Å². The number of aromatic nitrogens is 1. The monoisotopic (exact) mass is 517 g/mol. The normalized spacial score (nSPS) is 12.8. The number of phenols is 1. The molecule has 0 radical (unpaired) electrons. The zero-order valence-corrected chi connectivity index (χ0v) is 22.5. The number of phenolic OH excluding ortho intramolecular Hbond substituents is 1. The molecule has 4 N–H and O–H groups in total. The second-order valence-corrected chi connectivity index (χ2v) is 10.1. The molecule has 1 unspecified atom stereocenters. The average molecular weight is 518 g/mol. The number of aromatic hydroxyl groups is 3. The van der Waals surface area contributed by atoms with E-state index >= 15 is 0 Å². The van der Waals surface area contributed by atoms with E-state index in [0.29, 0.717) is 40.3 Å². The van der Waals surface area contributed by atoms with Crippen LogP contribution in [0.2, 0.25) is 0 Å². The SMILES string of the molecule is CC(=NCCCCCC(=O)NC(Cc1cc(C)c(O)c(C)c1)C(=O)On1c(O)ccc1O)OC(C)(C)C. The number of hydrogen-bond donors (Lipinski definition) is 4. The molecule has 0 bridgehead atoms. The molecule has 0 saturated heterocycles. The predicted octanol–water partition coefficient (Wildman–Crippen LogP) is 3.70. The lowest BCUT2D eigenvalue weighted by Crippen LogP contribution is -2.46. The van der Waals surface area contributed by atoms with E-state index < -0.39 is 23.8 Å². The van der Waals surface area contributed by atoms with Crippen molar-refractivity contribution >= 4 is 17.8 Å². The van der Waals surface area contributed by atoms with Crippen molar-refractivity contribution in [3.63, 3.8) is 0 Å². The molecule has 1 aromatic carbocycles. The summed E-state index contributed by atoms with van der Waals surface area (Å²) >= 11 is 0. The van der Waals surface area contributed by atoms with Gasteiger partial charge in [-0.15, -0.1) is 4.73 Å². The van der Waals surface area contributed by atoms with Gasteiger partial charge in [0.2, 0.25) is 17.7 Å². The lowest BCUT2D eigenvalue weighted by atomic mass is 10.00. The number of nitrogens with one attached hydrogen (secondary N) is 1. The minimum atomic E-state index is -1.08. The molecule has 37 heavy (non-hydrogen) atoms. The minimum absolute atomic E-state index is 0.0943. The molecule has 204 valence electrons. The Hall–Kier alpha value is -3.69. The summed E-state index contributed by atoms with van der Waals surface area (Å²) in [7, 11) is 0. The number of amides is 1. The van der Waals surface area contributed by atoms with Crippen molar-refractivity contribution in [3.05, 3.63) is 41.0 Å². The van der Waals surface area contributed by atoms with Crippen LogP contribution in [0.4, 0.5) is 0 Å². The highest BCUT2D eigenvalue weighted by Gasteiger charge is 2.26. The van der Waals surface area contributed by atoms with Crippen LogP contribution >= 0.6 is 0 Å². The Morgan fingerprint density at radius 3 is 2.19 bits per heavy atom. The first-order chi connectivity index (χ1) is 17.3. The van der Waals surface area contributed by atoms with E-state index in [1.54, 1.807) is 26.0 Å². The van der Waals surface area contributed by atoms with Gasteiger partial charge in [-0.25, -0.2) is 4.79 Å². The number of ether oxygens (including phenoxy) is 1.